The molecule has 1 N–H and O–H groups in total. The van der Waals surface area contributed by atoms with Crippen molar-refractivity contribution in [2.24, 2.45) is 0 Å². The van der Waals surface area contributed by atoms with E-state index in [-0.39, 0.29) is 6.04 Å². The van der Waals surface area contributed by atoms with Gasteiger partial charge in [-0.2, -0.15) is 0 Å². The Morgan fingerprint density at radius 2 is 1.79 bits per heavy atom. The Morgan fingerprint density at radius 1 is 1.11 bits per heavy atom. The van der Waals surface area contributed by atoms with Crippen molar-refractivity contribution < 1.29 is 5.11 Å². The molecule has 0 saturated heterocycles. The van der Waals surface area contributed by atoms with Gasteiger partial charge in [-0.25, -0.2) is 0 Å². The molecule has 19 heavy (non-hydrogen) atoms. The quantitative estimate of drug-likeness (QED) is 0.893. The van der Waals surface area contributed by atoms with Gasteiger partial charge in [-0.3, -0.25) is 9.88 Å². The van der Waals surface area contributed by atoms with E-state index in [9.17, 15) is 5.11 Å². The van der Waals surface area contributed by atoms with E-state index in [0.717, 1.165) is 17.8 Å². The number of likely N-dealkylation sites (N-methyl/N-ethyl adjacent to an activating group) is 1. The molecule has 2 aromatic rings. The summed E-state index contributed by atoms with van der Waals surface area (Å²) < 4.78 is 0. The lowest BCUT2D eigenvalue weighted by Gasteiger charge is -2.28. The van der Waals surface area contributed by atoms with Gasteiger partial charge in [0.25, 0.3) is 0 Å². The molecule has 0 fully saturated rings. The van der Waals surface area contributed by atoms with Gasteiger partial charge in [0, 0.05) is 18.8 Å². The highest BCUT2D eigenvalue weighted by atomic mass is 16.3. The molecule has 100 valence electrons. The first-order valence-electron chi connectivity index (χ1n) is 6.51. The Bertz CT molecular complexity index is 487. The summed E-state index contributed by atoms with van der Waals surface area (Å²) in [6.45, 7) is 2.76. The molecule has 0 spiro atoms. The van der Waals surface area contributed by atoms with Gasteiger partial charge in [0.2, 0.25) is 0 Å². The normalized spacial score (nSPS) is 14.3. The van der Waals surface area contributed by atoms with Gasteiger partial charge in [0.15, 0.2) is 0 Å². The minimum atomic E-state index is -0.491. The first-order valence-corrected chi connectivity index (χ1v) is 6.51. The lowest BCUT2D eigenvalue weighted by atomic mass is 10.0. The lowest BCUT2D eigenvalue weighted by molar-refractivity contribution is 0.0682. The third-order valence-corrected chi connectivity index (χ3v) is 3.43. The Kier molecular flexibility index (Phi) is 4.66. The summed E-state index contributed by atoms with van der Waals surface area (Å²) in [4.78, 5) is 6.42. The highest BCUT2D eigenvalue weighted by Gasteiger charge is 2.20. The van der Waals surface area contributed by atoms with Crippen LogP contribution in [0.25, 0.3) is 0 Å². The maximum absolute atomic E-state index is 10.4. The van der Waals surface area contributed by atoms with Gasteiger partial charge in [-0.05, 0) is 31.7 Å². The highest BCUT2D eigenvalue weighted by molar-refractivity contribution is 5.18. The van der Waals surface area contributed by atoms with E-state index >= 15 is 0 Å². The second-order valence-electron chi connectivity index (χ2n) is 4.83. The van der Waals surface area contributed by atoms with Crippen LogP contribution in [0.4, 0.5) is 0 Å². The van der Waals surface area contributed by atoms with E-state index in [0.29, 0.717) is 0 Å². The van der Waals surface area contributed by atoms with E-state index in [2.05, 4.69) is 9.88 Å². The van der Waals surface area contributed by atoms with Crippen molar-refractivity contribution in [2.75, 3.05) is 7.05 Å². The van der Waals surface area contributed by atoms with E-state index in [4.69, 9.17) is 0 Å². The molecule has 1 aromatic carbocycles. The summed E-state index contributed by atoms with van der Waals surface area (Å²) in [6, 6.07) is 15.7. The van der Waals surface area contributed by atoms with Gasteiger partial charge < -0.3 is 5.11 Å². The summed E-state index contributed by atoms with van der Waals surface area (Å²) in [5.41, 5.74) is 1.96. The molecule has 1 heterocycles. The van der Waals surface area contributed by atoms with Crippen LogP contribution in [0.1, 0.15) is 24.3 Å². The topological polar surface area (TPSA) is 36.4 Å². The third kappa shape index (κ3) is 3.63. The third-order valence-electron chi connectivity index (χ3n) is 3.43. The molecule has 0 bridgehead atoms. The molecule has 2 unspecified atom stereocenters. The average Bonchev–Trinajstić information content (AvgIpc) is 2.47. The van der Waals surface area contributed by atoms with E-state index in [1.54, 1.807) is 6.20 Å². The maximum Gasteiger partial charge on any atom is 0.0942 e. The Balaban J connectivity index is 2.01. The summed E-state index contributed by atoms with van der Waals surface area (Å²) in [5, 5.41) is 10.4. The number of hydrogen-bond acceptors (Lipinski definition) is 3. The minimum absolute atomic E-state index is 0.0319. The predicted octanol–water partition coefficient (Wildman–Crippen LogP) is 2.64. The molecular formula is C16H20N2O. The fraction of sp³-hybridized carbons (Fsp3) is 0.312. The molecule has 2 atom stereocenters. The lowest BCUT2D eigenvalue weighted by Crippen LogP contribution is -2.34. The predicted molar refractivity (Wildman–Crippen MR) is 76.6 cm³/mol. The summed E-state index contributed by atoms with van der Waals surface area (Å²) in [7, 11) is 2.01. The zero-order valence-corrected chi connectivity index (χ0v) is 11.4. The first kappa shape index (κ1) is 13.7. The number of pyridine rings is 1. The van der Waals surface area contributed by atoms with Crippen molar-refractivity contribution in [3.05, 3.63) is 66.0 Å². The molecule has 3 heteroatoms. The van der Waals surface area contributed by atoms with Crippen LogP contribution in [0, 0.1) is 0 Å². The highest BCUT2D eigenvalue weighted by Crippen LogP contribution is 2.20. The molecule has 0 saturated carbocycles. The fourth-order valence-electron chi connectivity index (χ4n) is 2.06. The second-order valence-corrected chi connectivity index (χ2v) is 4.83. The second kappa shape index (κ2) is 6.45. The Hall–Kier alpha value is -1.71. The van der Waals surface area contributed by atoms with Gasteiger partial charge >= 0.3 is 0 Å². The van der Waals surface area contributed by atoms with Gasteiger partial charge in [0.05, 0.1) is 11.8 Å². The number of benzene rings is 1. The van der Waals surface area contributed by atoms with Crippen molar-refractivity contribution in [1.29, 1.82) is 0 Å². The molecule has 1 aromatic heterocycles. The Labute approximate surface area is 114 Å². The van der Waals surface area contributed by atoms with Crippen molar-refractivity contribution in [1.82, 2.24) is 9.88 Å². The fourth-order valence-corrected chi connectivity index (χ4v) is 2.06. The minimum Gasteiger partial charge on any atom is -0.387 e. The van der Waals surface area contributed by atoms with E-state index in [1.165, 1.54) is 0 Å². The van der Waals surface area contributed by atoms with Crippen LogP contribution in [0.3, 0.4) is 0 Å². The zero-order valence-electron chi connectivity index (χ0n) is 11.4. The van der Waals surface area contributed by atoms with Crippen LogP contribution < -0.4 is 0 Å². The van der Waals surface area contributed by atoms with Crippen LogP contribution in [-0.4, -0.2) is 28.1 Å². The smallest absolute Gasteiger partial charge is 0.0942 e. The molecule has 0 amide bonds. The molecule has 3 nitrogen and oxygen atoms in total. The van der Waals surface area contributed by atoms with Crippen LogP contribution in [0.15, 0.2) is 54.7 Å². The SMILES string of the molecule is CC(C(O)c1ccccc1)N(C)Cc1ccccn1. The molecule has 0 aliphatic rings. The Morgan fingerprint density at radius 3 is 2.42 bits per heavy atom. The number of aromatic nitrogens is 1. The standard InChI is InChI=1S/C16H20N2O/c1-13(16(19)14-8-4-3-5-9-14)18(2)12-15-10-6-7-11-17-15/h3-11,13,16,19H,12H2,1-2H3. The van der Waals surface area contributed by atoms with Crippen LogP contribution in [-0.2, 0) is 6.54 Å². The molecule has 0 aliphatic carbocycles. The van der Waals surface area contributed by atoms with E-state index < -0.39 is 6.10 Å². The first-order chi connectivity index (χ1) is 9.18. The van der Waals surface area contributed by atoms with Gasteiger partial charge in [0.1, 0.15) is 0 Å². The number of nitrogens with zero attached hydrogens (tertiary/aromatic N) is 2. The summed E-state index contributed by atoms with van der Waals surface area (Å²) in [5.74, 6) is 0. The number of rotatable bonds is 5. The maximum atomic E-state index is 10.4. The molecule has 0 radical (unpaired) electrons. The monoisotopic (exact) mass is 256 g/mol. The molecular weight excluding hydrogens is 236 g/mol. The number of hydrogen-bond donors (Lipinski definition) is 1. The largest absolute Gasteiger partial charge is 0.387 e. The summed E-state index contributed by atoms with van der Waals surface area (Å²) in [6.07, 6.45) is 1.30. The average molecular weight is 256 g/mol. The van der Waals surface area contributed by atoms with Crippen molar-refractivity contribution in [2.45, 2.75) is 25.6 Å². The van der Waals surface area contributed by atoms with Crippen molar-refractivity contribution >= 4 is 0 Å². The van der Waals surface area contributed by atoms with E-state index in [1.807, 2.05) is 62.5 Å². The summed E-state index contributed by atoms with van der Waals surface area (Å²) >= 11 is 0. The number of aliphatic hydroxyl groups is 1. The van der Waals surface area contributed by atoms with Crippen molar-refractivity contribution in [3.63, 3.8) is 0 Å². The number of aliphatic hydroxyl groups excluding tert-OH is 1. The zero-order chi connectivity index (χ0) is 13.7. The van der Waals surface area contributed by atoms with Gasteiger partial charge in [-0.1, -0.05) is 36.4 Å². The van der Waals surface area contributed by atoms with Gasteiger partial charge in [-0.15, -0.1) is 0 Å². The molecule has 0 aliphatic heterocycles. The molecule has 2 rings (SSSR count). The van der Waals surface area contributed by atoms with Crippen LogP contribution in [0.2, 0.25) is 0 Å². The van der Waals surface area contributed by atoms with Crippen molar-refractivity contribution in [3.8, 4) is 0 Å². The van der Waals surface area contributed by atoms with Crippen LogP contribution in [0.5, 0.6) is 0 Å². The van der Waals surface area contributed by atoms with Crippen LogP contribution >= 0.6 is 0 Å².